The van der Waals surface area contributed by atoms with Crippen molar-refractivity contribution in [3.8, 4) is 5.75 Å². The molecule has 3 aliphatic heterocycles. The van der Waals surface area contributed by atoms with Crippen LogP contribution in [-0.2, 0) is 4.74 Å². The second-order valence-corrected chi connectivity index (χ2v) is 11.9. The summed E-state index contributed by atoms with van der Waals surface area (Å²) in [6.07, 6.45) is 5.30. The van der Waals surface area contributed by atoms with Crippen molar-refractivity contribution < 1.29 is 18.7 Å². The molecule has 1 amide bonds. The third kappa shape index (κ3) is 5.39. The molecule has 9 nitrogen and oxygen atoms in total. The Labute approximate surface area is 231 Å². The third-order valence-corrected chi connectivity index (χ3v) is 7.74. The predicted molar refractivity (Wildman–Crippen MR) is 147 cm³/mol. The van der Waals surface area contributed by atoms with Crippen LogP contribution in [0.3, 0.4) is 0 Å². The average molecular weight is 555 g/mol. The standard InChI is InChI=1S/C28H32ClFN6O3/c1-28(2,3)39-27(37)36-13-17-6-7-18(36)12-35(17)22-11-9-20-25(34-22)26(32-15-31-20)33-19-8-10-21(23(29)24(19)30)38-14-16-4-5-16/h8-11,15-18H,4-7,12-14H2,1-3H3,(H,31,32,33)/t17-,18-/m1/s1. The number of benzene rings is 1. The minimum absolute atomic E-state index is 0.0452. The zero-order chi connectivity index (χ0) is 27.3. The minimum Gasteiger partial charge on any atom is -0.492 e. The van der Waals surface area contributed by atoms with Crippen LogP contribution in [-0.4, -0.2) is 63.3 Å². The van der Waals surface area contributed by atoms with Gasteiger partial charge in [-0.25, -0.2) is 24.1 Å². The van der Waals surface area contributed by atoms with Crippen LogP contribution in [0.1, 0.15) is 46.5 Å². The number of pyridine rings is 1. The molecule has 11 heteroatoms. The summed E-state index contributed by atoms with van der Waals surface area (Å²) in [5, 5.41) is 2.99. The first-order valence-electron chi connectivity index (χ1n) is 13.4. The first-order valence-corrected chi connectivity index (χ1v) is 13.8. The van der Waals surface area contributed by atoms with Gasteiger partial charge in [0.15, 0.2) is 11.6 Å². The van der Waals surface area contributed by atoms with E-state index in [0.29, 0.717) is 48.2 Å². The van der Waals surface area contributed by atoms with Crippen LogP contribution in [0.25, 0.3) is 11.0 Å². The Hall–Kier alpha value is -3.40. The molecule has 1 N–H and O–H groups in total. The molecule has 2 atom stereocenters. The number of aromatic nitrogens is 3. The van der Waals surface area contributed by atoms with Gasteiger partial charge in [-0.05, 0) is 76.6 Å². The molecular weight excluding hydrogens is 523 g/mol. The van der Waals surface area contributed by atoms with Gasteiger partial charge in [-0.2, -0.15) is 0 Å². The van der Waals surface area contributed by atoms with Gasteiger partial charge in [-0.1, -0.05) is 11.6 Å². The summed E-state index contributed by atoms with van der Waals surface area (Å²) in [6, 6.07) is 7.24. The zero-order valence-corrected chi connectivity index (χ0v) is 23.0. The molecule has 4 fully saturated rings. The van der Waals surface area contributed by atoms with Crippen LogP contribution < -0.4 is 15.0 Å². The van der Waals surface area contributed by atoms with Gasteiger partial charge in [-0.15, -0.1) is 0 Å². The van der Waals surface area contributed by atoms with E-state index in [9.17, 15) is 4.79 Å². The largest absolute Gasteiger partial charge is 0.492 e. The van der Waals surface area contributed by atoms with Crippen molar-refractivity contribution in [2.45, 2.75) is 64.1 Å². The predicted octanol–water partition coefficient (Wildman–Crippen LogP) is 5.94. The number of rotatable bonds is 6. The van der Waals surface area contributed by atoms with E-state index in [2.05, 4.69) is 20.2 Å². The summed E-state index contributed by atoms with van der Waals surface area (Å²) < 4.78 is 26.5. The normalized spacial score (nSPS) is 20.8. The molecule has 4 aliphatic rings. The fraction of sp³-hybridized carbons (Fsp3) is 0.500. The molecule has 1 aromatic carbocycles. The number of nitrogens with one attached hydrogen (secondary N) is 1. The summed E-state index contributed by atoms with van der Waals surface area (Å²) in [4.78, 5) is 30.4. The van der Waals surface area contributed by atoms with Gasteiger partial charge in [0.25, 0.3) is 0 Å². The lowest BCUT2D eigenvalue weighted by atomic mass is 9.91. The number of piperazine rings is 1. The van der Waals surface area contributed by atoms with Crippen LogP contribution in [0, 0.1) is 11.7 Å². The smallest absolute Gasteiger partial charge is 0.410 e. The van der Waals surface area contributed by atoms with Crippen LogP contribution in [0.4, 0.5) is 26.5 Å². The number of fused-ring (bicyclic) bond motifs is 4. The monoisotopic (exact) mass is 554 g/mol. The highest BCUT2D eigenvalue weighted by Gasteiger charge is 2.43. The van der Waals surface area contributed by atoms with Crippen LogP contribution in [0.15, 0.2) is 30.6 Å². The maximum Gasteiger partial charge on any atom is 0.410 e. The summed E-state index contributed by atoms with van der Waals surface area (Å²) in [6.45, 7) is 7.42. The Bertz CT molecular complexity index is 1410. The van der Waals surface area contributed by atoms with E-state index < -0.39 is 11.4 Å². The van der Waals surface area contributed by atoms with E-state index in [-0.39, 0.29) is 28.9 Å². The van der Waals surface area contributed by atoms with Gasteiger partial charge < -0.3 is 24.6 Å². The van der Waals surface area contributed by atoms with Crippen LogP contribution in [0.5, 0.6) is 5.75 Å². The Morgan fingerprint density at radius 1 is 1.10 bits per heavy atom. The highest BCUT2D eigenvalue weighted by atomic mass is 35.5. The lowest BCUT2D eigenvalue weighted by Crippen LogP contribution is -2.64. The number of nitrogens with zero attached hydrogens (tertiary/aromatic N) is 5. The van der Waals surface area contributed by atoms with Gasteiger partial charge in [0.05, 0.1) is 23.9 Å². The van der Waals surface area contributed by atoms with Crippen molar-refractivity contribution in [2.24, 2.45) is 5.92 Å². The molecular formula is C28H32ClFN6O3. The number of piperidine rings is 2. The highest BCUT2D eigenvalue weighted by molar-refractivity contribution is 6.32. The number of hydrogen-bond donors (Lipinski definition) is 1. The molecule has 0 radical (unpaired) electrons. The minimum atomic E-state index is -0.608. The Kier molecular flexibility index (Phi) is 6.61. The quantitative estimate of drug-likeness (QED) is 0.400. The molecule has 5 heterocycles. The van der Waals surface area contributed by atoms with Gasteiger partial charge >= 0.3 is 6.09 Å². The number of carbonyl (C=O) groups excluding carboxylic acids is 1. The molecule has 1 saturated carbocycles. The average Bonchev–Trinajstić information content (AvgIpc) is 3.74. The van der Waals surface area contributed by atoms with Crippen LogP contribution >= 0.6 is 11.6 Å². The second-order valence-electron chi connectivity index (χ2n) is 11.5. The first kappa shape index (κ1) is 25.9. The summed E-state index contributed by atoms with van der Waals surface area (Å²) in [5.41, 5.74) is 0.787. The van der Waals surface area contributed by atoms with Crippen LogP contribution in [0.2, 0.25) is 5.02 Å². The van der Waals surface area contributed by atoms with Gasteiger partial charge in [-0.3, -0.25) is 0 Å². The fourth-order valence-corrected chi connectivity index (χ4v) is 5.41. The molecule has 0 unspecified atom stereocenters. The number of amides is 1. The lowest BCUT2D eigenvalue weighted by Gasteiger charge is -2.51. The van der Waals surface area contributed by atoms with Crippen molar-refractivity contribution in [1.82, 2.24) is 19.9 Å². The molecule has 1 aliphatic carbocycles. The SMILES string of the molecule is CC(C)(C)OC(=O)N1C[C@H]2CC[C@@H]1CN2c1ccc2ncnc(Nc3ccc(OCC4CC4)c(Cl)c3F)c2n1. The first-order chi connectivity index (χ1) is 18.7. The van der Waals surface area contributed by atoms with Gasteiger partial charge in [0, 0.05) is 19.1 Å². The van der Waals surface area contributed by atoms with E-state index in [4.69, 9.17) is 26.1 Å². The van der Waals surface area contributed by atoms with Crippen molar-refractivity contribution in [3.63, 3.8) is 0 Å². The number of ether oxygens (including phenoxy) is 2. The van der Waals surface area contributed by atoms with Crippen molar-refractivity contribution in [3.05, 3.63) is 41.4 Å². The van der Waals surface area contributed by atoms with E-state index in [1.807, 2.05) is 37.8 Å². The molecule has 7 rings (SSSR count). The Morgan fingerprint density at radius 3 is 2.62 bits per heavy atom. The van der Waals surface area contributed by atoms with E-state index >= 15 is 4.39 Å². The molecule has 2 aromatic heterocycles. The van der Waals surface area contributed by atoms with E-state index in [1.54, 1.807) is 12.1 Å². The Balaban J connectivity index is 1.23. The van der Waals surface area contributed by atoms with Gasteiger partial charge in [0.1, 0.15) is 34.0 Å². The maximum atomic E-state index is 15.2. The van der Waals surface area contributed by atoms with Crippen molar-refractivity contribution in [1.29, 1.82) is 0 Å². The number of carbonyl (C=O) groups is 1. The third-order valence-electron chi connectivity index (χ3n) is 7.39. The number of hydrogen-bond acceptors (Lipinski definition) is 8. The lowest BCUT2D eigenvalue weighted by molar-refractivity contribution is 0.000790. The Morgan fingerprint density at radius 2 is 1.90 bits per heavy atom. The zero-order valence-electron chi connectivity index (χ0n) is 22.3. The molecule has 206 valence electrons. The molecule has 3 aromatic rings. The van der Waals surface area contributed by atoms with Crippen molar-refractivity contribution in [2.75, 3.05) is 29.9 Å². The van der Waals surface area contributed by atoms with Crippen molar-refractivity contribution >= 4 is 46.1 Å². The number of anilines is 3. The van der Waals surface area contributed by atoms with Gasteiger partial charge in [0.2, 0.25) is 0 Å². The topological polar surface area (TPSA) is 92.7 Å². The van der Waals surface area contributed by atoms with E-state index in [1.165, 1.54) is 6.33 Å². The summed E-state index contributed by atoms with van der Waals surface area (Å²) in [5.74, 6) is 1.40. The second kappa shape index (κ2) is 9.97. The summed E-state index contributed by atoms with van der Waals surface area (Å²) >= 11 is 6.29. The fourth-order valence-electron chi connectivity index (χ4n) is 5.19. The molecule has 0 spiro atoms. The molecule has 3 saturated heterocycles. The summed E-state index contributed by atoms with van der Waals surface area (Å²) in [7, 11) is 0. The molecule has 39 heavy (non-hydrogen) atoms. The molecule has 2 bridgehead atoms. The number of halogens is 2. The maximum absolute atomic E-state index is 15.2. The van der Waals surface area contributed by atoms with E-state index in [0.717, 1.165) is 31.5 Å². The highest BCUT2D eigenvalue weighted by Crippen LogP contribution is 2.37.